The minimum Gasteiger partial charge on any atom is -0.487 e. The van der Waals surface area contributed by atoms with Crippen molar-refractivity contribution in [2.24, 2.45) is 7.05 Å². The molecule has 2 aliphatic rings. The Balaban J connectivity index is 1.70. The lowest BCUT2D eigenvalue weighted by atomic mass is 9.88. The predicted molar refractivity (Wildman–Crippen MR) is 116 cm³/mol. The minimum absolute atomic E-state index is 0.183. The van der Waals surface area contributed by atoms with Crippen molar-refractivity contribution < 1.29 is 4.74 Å². The maximum absolute atomic E-state index is 9.34. The summed E-state index contributed by atoms with van der Waals surface area (Å²) in [6.45, 7) is 11.6. The van der Waals surface area contributed by atoms with Gasteiger partial charge in [0, 0.05) is 30.1 Å². The number of hydrogen-bond donors (Lipinski definition) is 0. The first-order valence-electron chi connectivity index (χ1n) is 10.1. The topological polar surface area (TPSA) is 42.3 Å². The molecule has 0 N–H and O–H groups in total. The molecule has 0 unspecified atom stereocenters. The molecule has 0 bridgehead atoms. The van der Waals surface area contributed by atoms with Crippen LogP contribution in [0.15, 0.2) is 47.4 Å². The molecule has 0 radical (unpaired) electrons. The summed E-state index contributed by atoms with van der Waals surface area (Å²) >= 11 is 0. The molecule has 0 amide bonds. The summed E-state index contributed by atoms with van der Waals surface area (Å²) in [6.07, 6.45) is 10.8. The molecule has 2 heterocycles. The molecule has 1 spiro atoms. The number of fused-ring (bicyclic) bond motifs is 1. The summed E-state index contributed by atoms with van der Waals surface area (Å²) in [5.74, 6) is 0.741. The Labute approximate surface area is 172 Å². The van der Waals surface area contributed by atoms with E-state index in [4.69, 9.17) is 11.3 Å². The van der Waals surface area contributed by atoms with Crippen molar-refractivity contribution in [1.82, 2.24) is 4.57 Å². The maximum atomic E-state index is 9.34. The second-order valence-corrected chi connectivity index (χ2v) is 8.19. The van der Waals surface area contributed by atoms with Gasteiger partial charge in [-0.1, -0.05) is 12.1 Å². The van der Waals surface area contributed by atoms with Gasteiger partial charge in [-0.25, -0.2) is 10.1 Å². The van der Waals surface area contributed by atoms with Crippen LogP contribution in [-0.4, -0.2) is 10.2 Å². The van der Waals surface area contributed by atoms with Crippen molar-refractivity contribution in [2.75, 3.05) is 0 Å². The predicted octanol–water partition coefficient (Wildman–Crippen LogP) is 6.12. The van der Waals surface area contributed by atoms with Crippen LogP contribution in [-0.2, 0) is 11.8 Å². The Morgan fingerprint density at radius 3 is 2.72 bits per heavy atom. The summed E-state index contributed by atoms with van der Waals surface area (Å²) in [4.78, 5) is 3.43. The molecule has 1 aromatic carbocycles. The van der Waals surface area contributed by atoms with Crippen LogP contribution in [0, 0.1) is 31.8 Å². The molecule has 4 heteroatoms. The van der Waals surface area contributed by atoms with Gasteiger partial charge in [0.1, 0.15) is 11.4 Å². The molecule has 4 nitrogen and oxygen atoms in total. The average Bonchev–Trinajstić information content (AvgIpc) is 3.25. The Morgan fingerprint density at radius 1 is 1.28 bits per heavy atom. The molecule has 1 aliphatic heterocycles. The number of allylic oxidation sites excluding steroid dienone is 3. The molecule has 1 aliphatic carbocycles. The second-order valence-electron chi connectivity index (χ2n) is 8.19. The molecule has 0 atom stereocenters. The Kier molecular flexibility index (Phi) is 4.81. The first-order chi connectivity index (χ1) is 14.0. The number of rotatable bonds is 2. The number of hydrogen-bond acceptors (Lipinski definition) is 2. The third kappa shape index (κ3) is 3.36. The van der Waals surface area contributed by atoms with Crippen LogP contribution in [0.2, 0.25) is 0 Å². The molecular formula is C25H25N3O. The lowest BCUT2D eigenvalue weighted by molar-refractivity contribution is 0.00776. The van der Waals surface area contributed by atoms with Gasteiger partial charge in [-0.05, 0) is 80.5 Å². The number of nitrogens with zero attached hydrogens (tertiary/aromatic N) is 3. The van der Waals surface area contributed by atoms with Gasteiger partial charge in [-0.3, -0.25) is 0 Å². The zero-order valence-electron chi connectivity index (χ0n) is 17.2. The Hall–Kier alpha value is -3.24. The third-order valence-corrected chi connectivity index (χ3v) is 6.47. The van der Waals surface area contributed by atoms with E-state index in [9.17, 15) is 5.26 Å². The first kappa shape index (κ1) is 19.1. The fourth-order valence-electron chi connectivity index (χ4n) is 4.64. The summed E-state index contributed by atoms with van der Waals surface area (Å²) in [6, 6.07) is 8.53. The number of aryl methyl sites for hydroxylation is 2. The van der Waals surface area contributed by atoms with E-state index in [-0.39, 0.29) is 11.3 Å². The van der Waals surface area contributed by atoms with Gasteiger partial charge in [-0.2, -0.15) is 0 Å². The standard InChI is InChI=1S/C25H25N3O/c1-17-18(2)28(4)24-10-8-19(13-22(17)24)7-9-21-14-20(23(16-26)27-3)15-25(29-21)11-5-6-12-25/h7-10,13-14H,5-6,11-12,15H2,1-2,4H3/b9-7+,23-20-. The van der Waals surface area contributed by atoms with Gasteiger partial charge < -0.3 is 9.30 Å². The van der Waals surface area contributed by atoms with Gasteiger partial charge in [0.25, 0.3) is 5.70 Å². The quantitative estimate of drug-likeness (QED) is 0.463. The highest BCUT2D eigenvalue weighted by molar-refractivity contribution is 5.87. The molecule has 1 fully saturated rings. The normalized spacial score (nSPS) is 19.8. The number of ether oxygens (including phenoxy) is 1. The van der Waals surface area contributed by atoms with E-state index >= 15 is 0 Å². The number of aromatic nitrogens is 1. The van der Waals surface area contributed by atoms with Gasteiger partial charge >= 0.3 is 0 Å². The van der Waals surface area contributed by atoms with E-state index in [0.717, 1.165) is 42.6 Å². The summed E-state index contributed by atoms with van der Waals surface area (Å²) in [5, 5.41) is 10.6. The van der Waals surface area contributed by atoms with Crippen LogP contribution in [0.25, 0.3) is 21.8 Å². The molecule has 146 valence electrons. The monoisotopic (exact) mass is 383 g/mol. The van der Waals surface area contributed by atoms with Crippen molar-refractivity contribution in [1.29, 1.82) is 5.26 Å². The first-order valence-corrected chi connectivity index (χ1v) is 10.1. The van der Waals surface area contributed by atoms with Gasteiger partial charge in [0.15, 0.2) is 0 Å². The highest BCUT2D eigenvalue weighted by Gasteiger charge is 2.39. The van der Waals surface area contributed by atoms with E-state index in [0.29, 0.717) is 6.42 Å². The lowest BCUT2D eigenvalue weighted by Gasteiger charge is -2.35. The highest BCUT2D eigenvalue weighted by atomic mass is 16.5. The Morgan fingerprint density at radius 2 is 2.03 bits per heavy atom. The van der Waals surface area contributed by atoms with Crippen molar-refractivity contribution in [2.45, 2.75) is 51.6 Å². The van der Waals surface area contributed by atoms with Crippen molar-refractivity contribution in [3.8, 4) is 6.07 Å². The number of nitriles is 1. The van der Waals surface area contributed by atoms with Crippen LogP contribution in [0.3, 0.4) is 0 Å². The average molecular weight is 383 g/mol. The van der Waals surface area contributed by atoms with E-state index in [1.807, 2.05) is 12.2 Å². The summed E-state index contributed by atoms with van der Waals surface area (Å²) < 4.78 is 8.61. The highest BCUT2D eigenvalue weighted by Crippen LogP contribution is 2.44. The molecule has 1 aromatic heterocycles. The van der Waals surface area contributed by atoms with E-state index in [1.54, 1.807) is 0 Å². The summed E-state index contributed by atoms with van der Waals surface area (Å²) in [5.41, 5.74) is 5.65. The van der Waals surface area contributed by atoms with Crippen LogP contribution in [0.4, 0.5) is 0 Å². The van der Waals surface area contributed by atoms with Crippen LogP contribution < -0.4 is 0 Å². The molecule has 0 saturated heterocycles. The van der Waals surface area contributed by atoms with Gasteiger partial charge in [0.05, 0.1) is 12.6 Å². The SMILES string of the molecule is [C-]#[N+]/C(C#N)=C1C=C(/C=C/c2ccc3c(c2)c(C)c(C)n3C)OC2(CCCC2)C/1. The second kappa shape index (κ2) is 7.30. The summed E-state index contributed by atoms with van der Waals surface area (Å²) in [7, 11) is 2.10. The van der Waals surface area contributed by atoms with Crippen molar-refractivity contribution >= 4 is 17.0 Å². The fourth-order valence-corrected chi connectivity index (χ4v) is 4.64. The van der Waals surface area contributed by atoms with Gasteiger partial charge in [0.2, 0.25) is 0 Å². The van der Waals surface area contributed by atoms with Crippen molar-refractivity contribution in [3.05, 3.63) is 75.6 Å². The molecule has 2 aromatic rings. The lowest BCUT2D eigenvalue weighted by Crippen LogP contribution is -2.31. The zero-order valence-corrected chi connectivity index (χ0v) is 17.2. The maximum Gasteiger partial charge on any atom is 0.265 e. The zero-order chi connectivity index (χ0) is 20.6. The van der Waals surface area contributed by atoms with E-state index in [2.05, 4.69) is 60.7 Å². The third-order valence-electron chi connectivity index (χ3n) is 6.47. The van der Waals surface area contributed by atoms with E-state index in [1.165, 1.54) is 22.2 Å². The minimum atomic E-state index is -0.256. The molecule has 1 saturated carbocycles. The largest absolute Gasteiger partial charge is 0.487 e. The van der Waals surface area contributed by atoms with Crippen LogP contribution in [0.5, 0.6) is 0 Å². The molecular weight excluding hydrogens is 358 g/mol. The molecule has 4 rings (SSSR count). The Bertz CT molecular complexity index is 1140. The fraction of sp³-hybridized carbons (Fsp3) is 0.360. The van der Waals surface area contributed by atoms with Crippen LogP contribution in [0.1, 0.15) is 48.9 Å². The van der Waals surface area contributed by atoms with Crippen LogP contribution >= 0.6 is 0 Å². The van der Waals surface area contributed by atoms with Gasteiger partial charge in [-0.15, -0.1) is 0 Å². The van der Waals surface area contributed by atoms with E-state index < -0.39 is 0 Å². The number of benzene rings is 1. The molecule has 29 heavy (non-hydrogen) atoms. The van der Waals surface area contributed by atoms with Crippen molar-refractivity contribution in [3.63, 3.8) is 0 Å². The smallest absolute Gasteiger partial charge is 0.265 e.